The van der Waals surface area contributed by atoms with Crippen molar-refractivity contribution in [1.82, 2.24) is 9.62 Å². The summed E-state index contributed by atoms with van der Waals surface area (Å²) >= 11 is 0. The fraction of sp³-hybridized carbons (Fsp3) is 0.350. The highest BCUT2D eigenvalue weighted by Gasteiger charge is 2.26. The van der Waals surface area contributed by atoms with E-state index >= 15 is 0 Å². The topological polar surface area (TPSA) is 75.7 Å². The third-order valence-electron chi connectivity index (χ3n) is 4.66. The highest BCUT2D eigenvalue weighted by molar-refractivity contribution is 7.89. The van der Waals surface area contributed by atoms with Crippen molar-refractivity contribution in [2.45, 2.75) is 17.7 Å². The molecule has 0 spiro atoms. The molecule has 1 aliphatic heterocycles. The quantitative estimate of drug-likeness (QED) is 0.824. The summed E-state index contributed by atoms with van der Waals surface area (Å²) in [6.07, 6.45) is 0. The zero-order valence-electron chi connectivity index (χ0n) is 15.3. The van der Waals surface area contributed by atoms with Crippen LogP contribution < -0.4 is 5.32 Å². The van der Waals surface area contributed by atoms with E-state index in [2.05, 4.69) is 5.32 Å². The van der Waals surface area contributed by atoms with Crippen molar-refractivity contribution >= 4 is 15.9 Å². The molecule has 6 nitrogen and oxygen atoms in total. The summed E-state index contributed by atoms with van der Waals surface area (Å²) in [4.78, 5) is 12.5. The number of ether oxygens (including phenoxy) is 1. The van der Waals surface area contributed by atoms with Gasteiger partial charge in [-0.2, -0.15) is 4.31 Å². The molecule has 1 fully saturated rings. The standard InChI is InChI=1S/C20H24N2O4S/c1-16(17-5-3-2-4-6-17)15-21-20(23)18-7-9-19(10-8-18)27(24,25)22-11-13-26-14-12-22/h2-10,16H,11-15H2,1H3,(H,21,23)/t16-/m0/s1. The van der Waals surface area contributed by atoms with Gasteiger partial charge in [-0.15, -0.1) is 0 Å². The first kappa shape index (κ1) is 19.5. The van der Waals surface area contributed by atoms with Gasteiger partial charge >= 0.3 is 0 Å². The highest BCUT2D eigenvalue weighted by Crippen LogP contribution is 2.18. The second kappa shape index (κ2) is 8.65. The number of carbonyl (C=O) groups is 1. The molecule has 27 heavy (non-hydrogen) atoms. The lowest BCUT2D eigenvalue weighted by Gasteiger charge is -2.26. The van der Waals surface area contributed by atoms with Crippen molar-refractivity contribution in [3.63, 3.8) is 0 Å². The Morgan fingerprint density at radius 3 is 2.33 bits per heavy atom. The Morgan fingerprint density at radius 2 is 1.70 bits per heavy atom. The van der Waals surface area contributed by atoms with Crippen molar-refractivity contribution < 1.29 is 17.9 Å². The third-order valence-corrected chi connectivity index (χ3v) is 6.57. The van der Waals surface area contributed by atoms with Crippen LogP contribution >= 0.6 is 0 Å². The molecule has 0 aliphatic carbocycles. The van der Waals surface area contributed by atoms with E-state index in [-0.39, 0.29) is 16.7 Å². The Balaban J connectivity index is 1.62. The molecule has 3 rings (SSSR count). The first-order valence-electron chi connectivity index (χ1n) is 8.99. The molecular weight excluding hydrogens is 364 g/mol. The summed E-state index contributed by atoms with van der Waals surface area (Å²) in [5, 5.41) is 2.90. The van der Waals surface area contributed by atoms with Crippen molar-refractivity contribution in [2.75, 3.05) is 32.8 Å². The van der Waals surface area contributed by atoms with E-state index in [1.54, 1.807) is 12.1 Å². The van der Waals surface area contributed by atoms with E-state index in [1.165, 1.54) is 16.4 Å². The first-order chi connectivity index (χ1) is 13.0. The summed E-state index contributed by atoms with van der Waals surface area (Å²) in [6, 6.07) is 16.0. The second-order valence-electron chi connectivity index (χ2n) is 6.56. The van der Waals surface area contributed by atoms with Crippen LogP contribution in [0.4, 0.5) is 0 Å². The van der Waals surface area contributed by atoms with E-state index < -0.39 is 10.0 Å². The molecule has 0 unspecified atom stereocenters. The predicted molar refractivity (Wildman–Crippen MR) is 103 cm³/mol. The van der Waals surface area contributed by atoms with Crippen LogP contribution in [0.25, 0.3) is 0 Å². The van der Waals surface area contributed by atoms with E-state index in [1.807, 2.05) is 37.3 Å². The highest BCUT2D eigenvalue weighted by atomic mass is 32.2. The van der Waals surface area contributed by atoms with Gasteiger partial charge in [0, 0.05) is 25.2 Å². The molecule has 2 aromatic rings. The van der Waals surface area contributed by atoms with Gasteiger partial charge in [-0.3, -0.25) is 4.79 Å². The molecule has 7 heteroatoms. The number of amides is 1. The Morgan fingerprint density at radius 1 is 1.07 bits per heavy atom. The predicted octanol–water partition coefficient (Wildman–Crippen LogP) is 2.24. The maximum absolute atomic E-state index is 12.6. The maximum Gasteiger partial charge on any atom is 0.251 e. The van der Waals surface area contributed by atoms with Gasteiger partial charge in [0.05, 0.1) is 18.1 Å². The summed E-state index contributed by atoms with van der Waals surface area (Å²) in [7, 11) is -3.54. The van der Waals surface area contributed by atoms with Gasteiger partial charge in [-0.1, -0.05) is 37.3 Å². The van der Waals surface area contributed by atoms with Gasteiger partial charge in [0.1, 0.15) is 0 Å². The number of morpholine rings is 1. The molecule has 1 N–H and O–H groups in total. The Kier molecular flexibility index (Phi) is 6.26. The van der Waals surface area contributed by atoms with Crippen LogP contribution in [-0.2, 0) is 14.8 Å². The molecule has 1 heterocycles. The lowest BCUT2D eigenvalue weighted by molar-refractivity contribution is 0.0730. The van der Waals surface area contributed by atoms with Crippen molar-refractivity contribution in [2.24, 2.45) is 0 Å². The van der Waals surface area contributed by atoms with E-state index in [0.717, 1.165) is 5.56 Å². The molecule has 1 atom stereocenters. The summed E-state index contributed by atoms with van der Waals surface area (Å²) in [6.45, 7) is 4.06. The molecule has 1 amide bonds. The summed E-state index contributed by atoms with van der Waals surface area (Å²) in [5.74, 6) is -0.0239. The van der Waals surface area contributed by atoms with Crippen LogP contribution in [0, 0.1) is 0 Å². The van der Waals surface area contributed by atoms with Crippen molar-refractivity contribution in [1.29, 1.82) is 0 Å². The zero-order chi connectivity index (χ0) is 19.3. The minimum absolute atomic E-state index is 0.191. The largest absolute Gasteiger partial charge is 0.379 e. The van der Waals surface area contributed by atoms with Crippen molar-refractivity contribution in [3.05, 3.63) is 65.7 Å². The molecule has 0 bridgehead atoms. The second-order valence-corrected chi connectivity index (χ2v) is 8.50. The summed E-state index contributed by atoms with van der Waals surface area (Å²) < 4.78 is 31.8. The van der Waals surface area contributed by atoms with Gasteiger partial charge in [0.2, 0.25) is 10.0 Å². The average Bonchev–Trinajstić information content (AvgIpc) is 2.73. The van der Waals surface area contributed by atoms with Crippen LogP contribution in [0.1, 0.15) is 28.8 Å². The number of carbonyl (C=O) groups excluding carboxylic acids is 1. The Labute approximate surface area is 160 Å². The lowest BCUT2D eigenvalue weighted by Crippen LogP contribution is -2.40. The number of nitrogens with zero attached hydrogens (tertiary/aromatic N) is 1. The van der Waals surface area contributed by atoms with Crippen molar-refractivity contribution in [3.8, 4) is 0 Å². The number of sulfonamides is 1. The van der Waals surface area contributed by atoms with E-state index in [0.29, 0.717) is 38.4 Å². The van der Waals surface area contributed by atoms with E-state index in [9.17, 15) is 13.2 Å². The van der Waals surface area contributed by atoms with Crippen LogP contribution in [0.3, 0.4) is 0 Å². The molecule has 0 saturated carbocycles. The monoisotopic (exact) mass is 388 g/mol. The first-order valence-corrected chi connectivity index (χ1v) is 10.4. The Hall–Kier alpha value is -2.22. The fourth-order valence-electron chi connectivity index (χ4n) is 2.96. The minimum atomic E-state index is -3.54. The smallest absolute Gasteiger partial charge is 0.251 e. The van der Waals surface area contributed by atoms with Crippen LogP contribution in [-0.4, -0.2) is 51.5 Å². The van der Waals surface area contributed by atoms with Gasteiger partial charge in [-0.05, 0) is 35.7 Å². The van der Waals surface area contributed by atoms with Crippen LogP contribution in [0.5, 0.6) is 0 Å². The Bertz CT molecular complexity index is 861. The van der Waals surface area contributed by atoms with Gasteiger partial charge < -0.3 is 10.1 Å². The normalized spacial score (nSPS) is 16.6. The molecular formula is C20H24N2O4S. The minimum Gasteiger partial charge on any atom is -0.379 e. The fourth-order valence-corrected chi connectivity index (χ4v) is 4.37. The number of hydrogen-bond acceptors (Lipinski definition) is 4. The zero-order valence-corrected chi connectivity index (χ0v) is 16.1. The molecule has 1 aliphatic rings. The number of benzene rings is 2. The number of hydrogen-bond donors (Lipinski definition) is 1. The molecule has 2 aromatic carbocycles. The summed E-state index contributed by atoms with van der Waals surface area (Å²) in [5.41, 5.74) is 1.60. The molecule has 0 aromatic heterocycles. The number of rotatable bonds is 6. The third kappa shape index (κ3) is 4.74. The van der Waals surface area contributed by atoms with Crippen LogP contribution in [0.2, 0.25) is 0 Å². The molecule has 144 valence electrons. The van der Waals surface area contributed by atoms with E-state index in [4.69, 9.17) is 4.74 Å². The average molecular weight is 388 g/mol. The molecule has 0 radical (unpaired) electrons. The van der Waals surface area contributed by atoms with Gasteiger partial charge in [0.15, 0.2) is 0 Å². The van der Waals surface area contributed by atoms with Gasteiger partial charge in [0.25, 0.3) is 5.91 Å². The van der Waals surface area contributed by atoms with Gasteiger partial charge in [-0.25, -0.2) is 8.42 Å². The SMILES string of the molecule is C[C@@H](CNC(=O)c1ccc(S(=O)(=O)N2CCOCC2)cc1)c1ccccc1. The van der Waals surface area contributed by atoms with Crippen LogP contribution in [0.15, 0.2) is 59.5 Å². The number of nitrogens with one attached hydrogen (secondary N) is 1. The lowest BCUT2D eigenvalue weighted by atomic mass is 10.0. The maximum atomic E-state index is 12.6. The molecule has 1 saturated heterocycles.